The lowest BCUT2D eigenvalue weighted by molar-refractivity contribution is 0.660. The van der Waals surface area contributed by atoms with E-state index in [1.165, 1.54) is 94.6 Å². The molecule has 0 radical (unpaired) electrons. The highest BCUT2D eigenvalue weighted by molar-refractivity contribution is 6.03. The Morgan fingerprint density at radius 3 is 1.34 bits per heavy atom. The lowest BCUT2D eigenvalue weighted by atomic mass is 9.81. The van der Waals surface area contributed by atoms with Gasteiger partial charge in [-0.15, -0.1) is 0 Å². The Hall–Kier alpha value is -8.00. The summed E-state index contributed by atoms with van der Waals surface area (Å²) >= 11 is 0. The first-order chi connectivity index (χ1) is 32.8. The van der Waals surface area contributed by atoms with Gasteiger partial charge in [0.05, 0.1) is 5.69 Å². The van der Waals surface area contributed by atoms with Crippen molar-refractivity contribution in [2.75, 3.05) is 4.90 Å². The van der Waals surface area contributed by atoms with E-state index < -0.39 is 0 Å². The Morgan fingerprint density at radius 1 is 0.254 bits per heavy atom. The summed E-state index contributed by atoms with van der Waals surface area (Å²) in [5, 5.41) is 0. The van der Waals surface area contributed by atoms with Crippen molar-refractivity contribution in [2.45, 2.75) is 38.5 Å². The van der Waals surface area contributed by atoms with Crippen LogP contribution in [-0.2, 0) is 10.8 Å². The Kier molecular flexibility index (Phi) is 9.59. The topological polar surface area (TPSA) is 3.24 Å². The summed E-state index contributed by atoms with van der Waals surface area (Å²) in [6.45, 7) is 9.51. The molecule has 0 spiro atoms. The molecule has 1 nitrogen and oxygen atoms in total. The molecule has 0 atom stereocenters. The van der Waals surface area contributed by atoms with E-state index in [-0.39, 0.29) is 10.8 Å². The minimum absolute atomic E-state index is 0.139. The van der Waals surface area contributed by atoms with Gasteiger partial charge in [-0.2, -0.15) is 0 Å². The van der Waals surface area contributed by atoms with Gasteiger partial charge in [-0.05, 0) is 137 Å². The molecule has 67 heavy (non-hydrogen) atoms. The predicted octanol–water partition coefficient (Wildman–Crippen LogP) is 18.1. The lowest BCUT2D eigenvalue weighted by Crippen LogP contribution is -2.17. The average Bonchev–Trinajstić information content (AvgIpc) is 3.76. The summed E-state index contributed by atoms with van der Waals surface area (Å²) in [7, 11) is 0. The van der Waals surface area contributed by atoms with Gasteiger partial charge in [-0.25, -0.2) is 0 Å². The van der Waals surface area contributed by atoms with Gasteiger partial charge in [-0.1, -0.05) is 222 Å². The summed E-state index contributed by atoms with van der Waals surface area (Å²) in [6, 6.07) is 87.9. The molecule has 0 saturated carbocycles. The van der Waals surface area contributed by atoms with Crippen LogP contribution in [0.15, 0.2) is 237 Å². The van der Waals surface area contributed by atoms with Crippen LogP contribution in [0.25, 0.3) is 77.9 Å². The van der Waals surface area contributed by atoms with Crippen LogP contribution >= 0.6 is 0 Å². The second kappa shape index (κ2) is 15.9. The molecule has 0 amide bonds. The summed E-state index contributed by atoms with van der Waals surface area (Å²) in [6.07, 6.45) is 0. The van der Waals surface area contributed by atoms with Crippen molar-refractivity contribution < 1.29 is 0 Å². The lowest BCUT2D eigenvalue weighted by Gasteiger charge is -2.32. The van der Waals surface area contributed by atoms with E-state index in [1.807, 2.05) is 0 Å². The molecule has 0 fully saturated rings. The zero-order chi connectivity index (χ0) is 45.3. The van der Waals surface area contributed by atoms with E-state index in [9.17, 15) is 0 Å². The minimum Gasteiger partial charge on any atom is -0.310 e. The summed E-state index contributed by atoms with van der Waals surface area (Å²) in [5.41, 5.74) is 25.6. The minimum atomic E-state index is -0.186. The van der Waals surface area contributed by atoms with E-state index >= 15 is 0 Å². The van der Waals surface area contributed by atoms with E-state index in [4.69, 9.17) is 0 Å². The number of hydrogen-bond donors (Lipinski definition) is 0. The molecule has 2 aliphatic carbocycles. The number of nitrogens with zero attached hydrogens (tertiary/aromatic N) is 1. The fourth-order valence-corrected chi connectivity index (χ4v) is 11.3. The van der Waals surface area contributed by atoms with Crippen molar-refractivity contribution in [1.29, 1.82) is 0 Å². The van der Waals surface area contributed by atoms with Gasteiger partial charge in [0, 0.05) is 27.8 Å². The Balaban J connectivity index is 1.19. The van der Waals surface area contributed by atoms with Crippen molar-refractivity contribution in [3.8, 4) is 77.9 Å². The van der Waals surface area contributed by atoms with Crippen LogP contribution in [0, 0.1) is 0 Å². The molecule has 320 valence electrons. The van der Waals surface area contributed by atoms with Crippen LogP contribution < -0.4 is 4.90 Å². The average molecular weight is 858 g/mol. The van der Waals surface area contributed by atoms with E-state index in [0.29, 0.717) is 0 Å². The predicted molar refractivity (Wildman–Crippen MR) is 283 cm³/mol. The third-order valence-electron chi connectivity index (χ3n) is 14.7. The van der Waals surface area contributed by atoms with Crippen LogP contribution in [-0.4, -0.2) is 0 Å². The van der Waals surface area contributed by atoms with E-state index in [2.05, 4.69) is 269 Å². The quantitative estimate of drug-likeness (QED) is 0.147. The van der Waals surface area contributed by atoms with Crippen LogP contribution in [0.3, 0.4) is 0 Å². The molecule has 0 unspecified atom stereocenters. The first-order valence-electron chi connectivity index (χ1n) is 23.6. The maximum Gasteiger partial charge on any atom is 0.0546 e. The smallest absolute Gasteiger partial charge is 0.0546 e. The maximum absolute atomic E-state index is 2.55. The molecule has 10 aromatic rings. The highest BCUT2D eigenvalue weighted by Gasteiger charge is 2.38. The van der Waals surface area contributed by atoms with Crippen molar-refractivity contribution in [2.24, 2.45) is 0 Å². The number of benzene rings is 10. The molecule has 0 aromatic heterocycles. The zero-order valence-electron chi connectivity index (χ0n) is 38.5. The highest BCUT2D eigenvalue weighted by Crippen LogP contribution is 2.56. The van der Waals surface area contributed by atoms with E-state index in [0.717, 1.165) is 22.6 Å². The molecular formula is C66H51N. The monoisotopic (exact) mass is 857 g/mol. The van der Waals surface area contributed by atoms with Gasteiger partial charge < -0.3 is 4.90 Å². The molecule has 0 N–H and O–H groups in total. The normalized spacial score (nSPS) is 13.6. The van der Waals surface area contributed by atoms with Crippen molar-refractivity contribution in [1.82, 2.24) is 0 Å². The zero-order valence-corrected chi connectivity index (χ0v) is 38.5. The Labute approximate surface area is 395 Å². The third-order valence-corrected chi connectivity index (χ3v) is 14.7. The largest absolute Gasteiger partial charge is 0.310 e. The second-order valence-electron chi connectivity index (χ2n) is 19.3. The molecule has 0 bridgehead atoms. The van der Waals surface area contributed by atoms with Crippen LogP contribution in [0.5, 0.6) is 0 Å². The van der Waals surface area contributed by atoms with Gasteiger partial charge in [-0.3, -0.25) is 0 Å². The summed E-state index contributed by atoms with van der Waals surface area (Å²) in [5.74, 6) is 0. The number of hydrogen-bond acceptors (Lipinski definition) is 1. The van der Waals surface area contributed by atoms with Crippen molar-refractivity contribution in [3.63, 3.8) is 0 Å². The SMILES string of the molecule is CC1(C)c2ccccc2-c2ccc(N(c3cc(-c4ccccc4)cc(-c4ccccc4)c3)c3cccc(-c4cccc5c4-c4ccccc4C5(C)C)c3-c3cccc(-c4ccccc4)c3)cc21. The van der Waals surface area contributed by atoms with Crippen LogP contribution in [0.4, 0.5) is 17.1 Å². The standard InChI is InChI=1S/C66H51N/c1-65(2)59-34-17-15-30-57(59)64-56(31-19-35-60(64)65)55-32-20-36-62(63(55)48-28-18-27-47(39-48)44-21-8-5-9-22-44)67(51-37-38-54-53-29-14-16-33-58(53)66(3,4)61(54)43-51)52-41-49(45-23-10-6-11-24-45)40-50(42-52)46-25-12-7-13-26-46/h5-43H,1-4H3. The van der Waals surface area contributed by atoms with Gasteiger partial charge in [0.1, 0.15) is 0 Å². The second-order valence-corrected chi connectivity index (χ2v) is 19.3. The number of fused-ring (bicyclic) bond motifs is 6. The molecule has 10 aromatic carbocycles. The fraction of sp³-hybridized carbons (Fsp3) is 0.0909. The van der Waals surface area contributed by atoms with Crippen LogP contribution in [0.2, 0.25) is 0 Å². The molecular weight excluding hydrogens is 807 g/mol. The van der Waals surface area contributed by atoms with Gasteiger partial charge in [0.15, 0.2) is 0 Å². The molecule has 12 rings (SSSR count). The number of rotatable bonds is 8. The molecule has 0 heterocycles. The third kappa shape index (κ3) is 6.68. The van der Waals surface area contributed by atoms with Crippen molar-refractivity contribution >= 4 is 17.1 Å². The molecule has 2 aliphatic rings. The van der Waals surface area contributed by atoms with Gasteiger partial charge in [0.25, 0.3) is 0 Å². The summed E-state index contributed by atoms with van der Waals surface area (Å²) < 4.78 is 0. The fourth-order valence-electron chi connectivity index (χ4n) is 11.3. The molecule has 0 saturated heterocycles. The van der Waals surface area contributed by atoms with Gasteiger partial charge in [0.2, 0.25) is 0 Å². The molecule has 1 heteroatoms. The van der Waals surface area contributed by atoms with Gasteiger partial charge >= 0.3 is 0 Å². The number of anilines is 3. The van der Waals surface area contributed by atoms with Crippen LogP contribution in [0.1, 0.15) is 49.9 Å². The van der Waals surface area contributed by atoms with Crippen molar-refractivity contribution in [3.05, 3.63) is 259 Å². The first-order valence-corrected chi connectivity index (χ1v) is 23.6. The highest BCUT2D eigenvalue weighted by atomic mass is 15.1. The maximum atomic E-state index is 2.55. The first kappa shape index (κ1) is 40.5. The Morgan fingerprint density at radius 2 is 0.687 bits per heavy atom. The Bertz CT molecular complexity index is 3450. The van der Waals surface area contributed by atoms with E-state index in [1.54, 1.807) is 0 Å². The summed E-state index contributed by atoms with van der Waals surface area (Å²) in [4.78, 5) is 2.55. The molecule has 0 aliphatic heterocycles.